The summed E-state index contributed by atoms with van der Waals surface area (Å²) in [4.78, 5) is 0. The average Bonchev–Trinajstić information content (AvgIpc) is 2.38. The van der Waals surface area contributed by atoms with E-state index in [1.807, 2.05) is 6.92 Å². The first-order chi connectivity index (χ1) is 8.61. The number of halogens is 2. The van der Waals surface area contributed by atoms with Gasteiger partial charge in [-0.15, -0.1) is 0 Å². The Balaban J connectivity index is 2.39. The molecule has 0 radical (unpaired) electrons. The molecule has 0 amide bonds. The normalized spacial score (nSPS) is 12.2. The van der Waals surface area contributed by atoms with Crippen molar-refractivity contribution in [3.63, 3.8) is 0 Å². The third-order valence-corrected chi connectivity index (χ3v) is 3.03. The molecule has 2 rings (SSSR count). The van der Waals surface area contributed by atoms with E-state index in [0.717, 1.165) is 11.1 Å². The second kappa shape index (κ2) is 5.17. The summed E-state index contributed by atoms with van der Waals surface area (Å²) in [5, 5.41) is 0. The van der Waals surface area contributed by atoms with Gasteiger partial charge in [-0.3, -0.25) is 0 Å². The second-order valence-corrected chi connectivity index (χ2v) is 4.16. The molecular weight excluding hydrogens is 234 g/mol. The molecule has 1 unspecified atom stereocenters. The van der Waals surface area contributed by atoms with Crippen molar-refractivity contribution in [3.05, 3.63) is 65.2 Å². The molecule has 0 heterocycles. The average molecular weight is 248 g/mol. The lowest BCUT2D eigenvalue weighted by Crippen LogP contribution is -2.00. The van der Waals surface area contributed by atoms with Crippen molar-refractivity contribution in [1.29, 1.82) is 0 Å². The lowest BCUT2D eigenvalue weighted by molar-refractivity contribution is 0.405. The Hall–Kier alpha value is -1.90. The quantitative estimate of drug-likeness (QED) is 0.793. The maximum Gasteiger partial charge on any atom is 0.126 e. The van der Waals surface area contributed by atoms with Crippen LogP contribution in [0.4, 0.5) is 8.78 Å². The first kappa shape index (κ1) is 12.6. The van der Waals surface area contributed by atoms with Crippen molar-refractivity contribution < 1.29 is 13.5 Å². The van der Waals surface area contributed by atoms with Crippen molar-refractivity contribution >= 4 is 0 Å². The largest absolute Gasteiger partial charge is 0.496 e. The van der Waals surface area contributed by atoms with Crippen LogP contribution in [-0.4, -0.2) is 7.11 Å². The molecule has 0 aromatic heterocycles. The molecule has 0 aliphatic heterocycles. The minimum Gasteiger partial charge on any atom is -0.496 e. The van der Waals surface area contributed by atoms with Crippen LogP contribution in [0.5, 0.6) is 5.75 Å². The van der Waals surface area contributed by atoms with Crippen molar-refractivity contribution in [2.75, 3.05) is 7.11 Å². The summed E-state index contributed by atoms with van der Waals surface area (Å²) in [6.07, 6.45) is 0. The minimum absolute atomic E-state index is 0.0150. The highest BCUT2D eigenvalue weighted by Crippen LogP contribution is 2.32. The predicted octanol–water partition coefficient (Wildman–Crippen LogP) is 4.13. The lowest BCUT2D eigenvalue weighted by atomic mass is 9.92. The number of rotatable bonds is 3. The van der Waals surface area contributed by atoms with Gasteiger partial charge in [0.15, 0.2) is 0 Å². The van der Waals surface area contributed by atoms with Gasteiger partial charge < -0.3 is 4.74 Å². The molecule has 1 atom stereocenters. The van der Waals surface area contributed by atoms with Crippen LogP contribution in [0.25, 0.3) is 0 Å². The summed E-state index contributed by atoms with van der Waals surface area (Å²) in [6, 6.07) is 10.7. The van der Waals surface area contributed by atoms with E-state index in [2.05, 4.69) is 0 Å². The number of hydrogen-bond donors (Lipinski definition) is 0. The van der Waals surface area contributed by atoms with Gasteiger partial charge in [-0.25, -0.2) is 8.78 Å². The highest BCUT2D eigenvalue weighted by Gasteiger charge is 2.14. The van der Waals surface area contributed by atoms with Gasteiger partial charge in [-0.2, -0.15) is 0 Å². The number of methoxy groups -OCH3 is 1. The van der Waals surface area contributed by atoms with Crippen molar-refractivity contribution in [3.8, 4) is 5.75 Å². The van der Waals surface area contributed by atoms with E-state index in [0.29, 0.717) is 5.75 Å². The summed E-state index contributed by atoms with van der Waals surface area (Å²) >= 11 is 0. The number of hydrogen-bond acceptors (Lipinski definition) is 1. The molecule has 18 heavy (non-hydrogen) atoms. The van der Waals surface area contributed by atoms with Gasteiger partial charge in [-0.1, -0.05) is 25.1 Å². The summed E-state index contributed by atoms with van der Waals surface area (Å²) < 4.78 is 31.2. The van der Waals surface area contributed by atoms with E-state index in [1.165, 1.54) is 31.4 Å². The van der Waals surface area contributed by atoms with Crippen LogP contribution in [0.15, 0.2) is 42.5 Å². The van der Waals surface area contributed by atoms with E-state index in [9.17, 15) is 8.78 Å². The first-order valence-corrected chi connectivity index (χ1v) is 5.70. The molecule has 0 bridgehead atoms. The molecule has 2 aromatic rings. The van der Waals surface area contributed by atoms with Crippen LogP contribution in [0, 0.1) is 11.6 Å². The zero-order valence-electron chi connectivity index (χ0n) is 10.3. The smallest absolute Gasteiger partial charge is 0.126 e. The van der Waals surface area contributed by atoms with Gasteiger partial charge in [-0.05, 0) is 23.8 Å². The van der Waals surface area contributed by atoms with E-state index < -0.39 is 0 Å². The van der Waals surface area contributed by atoms with Gasteiger partial charge in [0, 0.05) is 17.5 Å². The predicted molar refractivity (Wildman–Crippen MR) is 66.9 cm³/mol. The Labute approximate surface area is 105 Å². The topological polar surface area (TPSA) is 9.23 Å². The molecule has 1 nitrogen and oxygen atoms in total. The third-order valence-electron chi connectivity index (χ3n) is 3.03. The fraction of sp³-hybridized carbons (Fsp3) is 0.200. The van der Waals surface area contributed by atoms with Crippen LogP contribution in [0.2, 0.25) is 0 Å². The summed E-state index contributed by atoms with van der Waals surface area (Å²) in [5.41, 5.74) is 1.84. The van der Waals surface area contributed by atoms with Crippen LogP contribution >= 0.6 is 0 Å². The van der Waals surface area contributed by atoms with Crippen molar-refractivity contribution in [1.82, 2.24) is 0 Å². The molecule has 94 valence electrons. The van der Waals surface area contributed by atoms with Crippen molar-refractivity contribution in [2.45, 2.75) is 12.8 Å². The second-order valence-electron chi connectivity index (χ2n) is 4.16. The minimum atomic E-state index is -0.332. The molecule has 0 fully saturated rings. The summed E-state index contributed by atoms with van der Waals surface area (Å²) in [5.74, 6) is -0.0769. The molecule has 0 saturated carbocycles. The zero-order chi connectivity index (χ0) is 13.1. The Morgan fingerprint density at radius 1 is 0.944 bits per heavy atom. The van der Waals surface area contributed by atoms with E-state index in [4.69, 9.17) is 4.74 Å². The molecule has 0 spiro atoms. The molecule has 3 heteroatoms. The summed E-state index contributed by atoms with van der Waals surface area (Å²) in [7, 11) is 1.51. The molecule has 2 aromatic carbocycles. The van der Waals surface area contributed by atoms with E-state index in [-0.39, 0.29) is 17.6 Å². The molecule has 0 saturated heterocycles. The lowest BCUT2D eigenvalue weighted by Gasteiger charge is -2.16. The monoisotopic (exact) mass is 248 g/mol. The van der Waals surface area contributed by atoms with Gasteiger partial charge in [0.25, 0.3) is 0 Å². The van der Waals surface area contributed by atoms with Gasteiger partial charge in [0.2, 0.25) is 0 Å². The van der Waals surface area contributed by atoms with Crippen LogP contribution < -0.4 is 4.74 Å². The SMILES string of the molecule is COc1cc(F)ccc1C(C)c1ccc(F)cc1. The van der Waals surface area contributed by atoms with E-state index >= 15 is 0 Å². The Bertz CT molecular complexity index is 535. The van der Waals surface area contributed by atoms with Gasteiger partial charge in [0.05, 0.1) is 7.11 Å². The summed E-state index contributed by atoms with van der Waals surface area (Å²) in [6.45, 7) is 1.98. The Morgan fingerprint density at radius 2 is 1.56 bits per heavy atom. The van der Waals surface area contributed by atoms with Crippen LogP contribution in [0.1, 0.15) is 24.0 Å². The standard InChI is InChI=1S/C15H14F2O/c1-10(11-3-5-12(16)6-4-11)14-8-7-13(17)9-15(14)18-2/h3-10H,1-2H3. The fourth-order valence-electron chi connectivity index (χ4n) is 1.97. The van der Waals surface area contributed by atoms with Gasteiger partial charge in [0.1, 0.15) is 17.4 Å². The van der Waals surface area contributed by atoms with Crippen molar-refractivity contribution in [2.24, 2.45) is 0 Å². The van der Waals surface area contributed by atoms with Crippen LogP contribution in [0.3, 0.4) is 0 Å². The number of ether oxygens (including phenoxy) is 1. The maximum atomic E-state index is 13.1. The molecule has 0 N–H and O–H groups in total. The fourth-order valence-corrected chi connectivity index (χ4v) is 1.97. The zero-order valence-corrected chi connectivity index (χ0v) is 10.3. The first-order valence-electron chi connectivity index (χ1n) is 5.70. The molecule has 0 aliphatic carbocycles. The highest BCUT2D eigenvalue weighted by molar-refractivity contribution is 5.41. The number of benzene rings is 2. The maximum absolute atomic E-state index is 13.1. The van der Waals surface area contributed by atoms with Gasteiger partial charge >= 0.3 is 0 Å². The third kappa shape index (κ3) is 2.50. The van der Waals surface area contributed by atoms with Crippen LogP contribution in [-0.2, 0) is 0 Å². The highest BCUT2D eigenvalue weighted by atomic mass is 19.1. The van der Waals surface area contributed by atoms with E-state index in [1.54, 1.807) is 18.2 Å². The Morgan fingerprint density at radius 3 is 2.17 bits per heavy atom. The molecular formula is C15H14F2O. The molecule has 0 aliphatic rings. The Kier molecular flexibility index (Phi) is 3.60.